The van der Waals surface area contributed by atoms with E-state index in [1.54, 1.807) is 0 Å². The highest BCUT2D eigenvalue weighted by molar-refractivity contribution is 5.71. The van der Waals surface area contributed by atoms with Crippen LogP contribution in [-0.2, 0) is 28.6 Å². The molecule has 0 aromatic carbocycles. The molecule has 0 radical (unpaired) electrons. The molecule has 0 amide bonds. The number of carbonyl (C=O) groups excluding carboxylic acids is 3. The normalized spacial score (nSPS) is 12.7. The van der Waals surface area contributed by atoms with Crippen molar-refractivity contribution in [1.82, 2.24) is 0 Å². The second-order valence-electron chi connectivity index (χ2n) is 18.5. The third kappa shape index (κ3) is 53.4. The lowest BCUT2D eigenvalue weighted by molar-refractivity contribution is -0.167. The zero-order valence-corrected chi connectivity index (χ0v) is 43.9. The fourth-order valence-electron chi connectivity index (χ4n) is 7.68. The molecule has 6 heteroatoms. The van der Waals surface area contributed by atoms with E-state index in [9.17, 15) is 14.4 Å². The summed E-state index contributed by atoms with van der Waals surface area (Å²) >= 11 is 0. The topological polar surface area (TPSA) is 78.9 Å². The zero-order chi connectivity index (χ0) is 48.6. The van der Waals surface area contributed by atoms with E-state index in [0.29, 0.717) is 19.3 Å². The van der Waals surface area contributed by atoms with Gasteiger partial charge in [-0.2, -0.15) is 0 Å². The average Bonchev–Trinajstić information content (AvgIpc) is 3.33. The number of ether oxygens (including phenoxy) is 3. The molecule has 0 aliphatic carbocycles. The van der Waals surface area contributed by atoms with Crippen molar-refractivity contribution in [3.05, 3.63) is 85.1 Å². The van der Waals surface area contributed by atoms with E-state index in [2.05, 4.69) is 106 Å². The Morgan fingerprint density at radius 1 is 0.313 bits per heavy atom. The molecule has 0 saturated heterocycles. The molecule has 0 aliphatic rings. The monoisotopic (exact) mass is 933 g/mol. The quantitative estimate of drug-likeness (QED) is 0.0262. The molecule has 1 unspecified atom stereocenters. The maximum absolute atomic E-state index is 12.7. The summed E-state index contributed by atoms with van der Waals surface area (Å²) in [5.74, 6) is -0.970. The average molecular weight is 933 g/mol. The van der Waals surface area contributed by atoms with Crippen molar-refractivity contribution in [1.29, 1.82) is 0 Å². The second-order valence-corrected chi connectivity index (χ2v) is 18.5. The van der Waals surface area contributed by atoms with Crippen LogP contribution in [0, 0.1) is 0 Å². The summed E-state index contributed by atoms with van der Waals surface area (Å²) < 4.78 is 16.6. The van der Waals surface area contributed by atoms with Crippen LogP contribution in [0.3, 0.4) is 0 Å². The molecule has 0 rings (SSSR count). The van der Waals surface area contributed by atoms with Gasteiger partial charge in [-0.1, -0.05) is 241 Å². The minimum atomic E-state index is -0.802. The van der Waals surface area contributed by atoms with Crippen LogP contribution in [0.5, 0.6) is 0 Å². The van der Waals surface area contributed by atoms with Crippen LogP contribution in [-0.4, -0.2) is 37.2 Å². The van der Waals surface area contributed by atoms with Crippen molar-refractivity contribution in [3.63, 3.8) is 0 Å². The Balaban J connectivity index is 4.11. The summed E-state index contributed by atoms with van der Waals surface area (Å²) in [6, 6.07) is 0. The third-order valence-corrected chi connectivity index (χ3v) is 11.9. The highest BCUT2D eigenvalue weighted by Gasteiger charge is 2.19. The SMILES string of the molecule is CC/C=C\C/C=C\C/C=C\C/C=C\C/C=C\CCCC(=O)OC(COC(=O)CCCCCCC)COC(=O)CCCCCCCCCCCCCCCCC/C=C\C/C=C\CCCCCCC. The molecule has 0 aromatic heterocycles. The first-order valence-corrected chi connectivity index (χ1v) is 28.1. The summed E-state index contributed by atoms with van der Waals surface area (Å²) in [6.45, 7) is 6.39. The largest absolute Gasteiger partial charge is 0.462 e. The molecule has 0 aliphatic heterocycles. The Hall–Kier alpha value is -3.41. The van der Waals surface area contributed by atoms with Crippen molar-refractivity contribution in [2.45, 2.75) is 271 Å². The number of rotatable bonds is 50. The van der Waals surface area contributed by atoms with Gasteiger partial charge in [0.25, 0.3) is 0 Å². The van der Waals surface area contributed by atoms with E-state index in [4.69, 9.17) is 14.2 Å². The van der Waals surface area contributed by atoms with E-state index in [1.807, 2.05) is 0 Å². The molecule has 0 aromatic rings. The van der Waals surface area contributed by atoms with Crippen LogP contribution in [0.25, 0.3) is 0 Å². The molecule has 1 atom stereocenters. The highest BCUT2D eigenvalue weighted by atomic mass is 16.6. The molecule has 0 saturated carbocycles. The number of allylic oxidation sites excluding steroid dienone is 14. The van der Waals surface area contributed by atoms with Gasteiger partial charge in [-0.05, 0) is 89.9 Å². The first-order valence-electron chi connectivity index (χ1n) is 28.1. The predicted molar refractivity (Wildman–Crippen MR) is 288 cm³/mol. The number of hydrogen-bond donors (Lipinski definition) is 0. The van der Waals surface area contributed by atoms with E-state index in [0.717, 1.165) is 96.3 Å². The Morgan fingerprint density at radius 3 is 0.955 bits per heavy atom. The molecule has 0 N–H and O–H groups in total. The van der Waals surface area contributed by atoms with Gasteiger partial charge in [0.05, 0.1) is 0 Å². The lowest BCUT2D eigenvalue weighted by Crippen LogP contribution is -2.30. The van der Waals surface area contributed by atoms with Gasteiger partial charge < -0.3 is 14.2 Å². The number of unbranched alkanes of at least 4 members (excludes halogenated alkanes) is 25. The minimum absolute atomic E-state index is 0.0984. The van der Waals surface area contributed by atoms with Gasteiger partial charge in [0, 0.05) is 19.3 Å². The summed E-state index contributed by atoms with van der Waals surface area (Å²) in [5.41, 5.74) is 0. The fourth-order valence-corrected chi connectivity index (χ4v) is 7.68. The van der Waals surface area contributed by atoms with Crippen molar-refractivity contribution in [2.24, 2.45) is 0 Å². The van der Waals surface area contributed by atoms with Crippen molar-refractivity contribution in [2.75, 3.05) is 13.2 Å². The Labute approximate surface area is 414 Å². The van der Waals surface area contributed by atoms with E-state index >= 15 is 0 Å². The number of carbonyl (C=O) groups is 3. The molecular formula is C61H104O6. The number of esters is 3. The first kappa shape index (κ1) is 63.6. The minimum Gasteiger partial charge on any atom is -0.462 e. The molecule has 384 valence electrons. The third-order valence-electron chi connectivity index (χ3n) is 11.9. The highest BCUT2D eigenvalue weighted by Crippen LogP contribution is 2.15. The first-order chi connectivity index (χ1) is 33.0. The van der Waals surface area contributed by atoms with Crippen molar-refractivity contribution < 1.29 is 28.6 Å². The molecule has 0 bridgehead atoms. The standard InChI is InChI=1S/C61H104O6/c1-4-7-10-13-15-17-19-21-23-25-26-27-28-29-30-31-32-33-34-36-37-39-41-43-45-48-51-54-60(63)66-57-58(56-65-59(62)53-50-47-12-9-6-3)67-61(64)55-52-49-46-44-42-40-38-35-24-22-20-18-16-14-11-8-5-2/h8,11,16,18-19,21-22,24-26,38,40,44,46,58H,4-7,9-10,12-15,17,20,23,27-37,39,41-43,45,47-57H2,1-3H3/b11-8-,18-16-,21-19-,24-22-,26-25-,40-38-,46-44-. The van der Waals surface area contributed by atoms with Gasteiger partial charge in [0.1, 0.15) is 13.2 Å². The summed E-state index contributed by atoms with van der Waals surface area (Å²) in [5, 5.41) is 0. The molecular weight excluding hydrogens is 829 g/mol. The van der Waals surface area contributed by atoms with Crippen LogP contribution in [0.2, 0.25) is 0 Å². The maximum atomic E-state index is 12.7. The van der Waals surface area contributed by atoms with Crippen LogP contribution < -0.4 is 0 Å². The molecule has 67 heavy (non-hydrogen) atoms. The van der Waals surface area contributed by atoms with E-state index in [-0.39, 0.29) is 37.5 Å². The van der Waals surface area contributed by atoms with Gasteiger partial charge in [-0.15, -0.1) is 0 Å². The van der Waals surface area contributed by atoms with Crippen molar-refractivity contribution >= 4 is 17.9 Å². The van der Waals surface area contributed by atoms with E-state index in [1.165, 1.54) is 122 Å². The van der Waals surface area contributed by atoms with Gasteiger partial charge in [-0.3, -0.25) is 14.4 Å². The fraction of sp³-hybridized carbons (Fsp3) is 0.721. The summed E-state index contributed by atoms with van der Waals surface area (Å²) in [4.78, 5) is 37.7. The zero-order valence-electron chi connectivity index (χ0n) is 43.9. The van der Waals surface area contributed by atoms with Crippen LogP contribution in [0.1, 0.15) is 265 Å². The van der Waals surface area contributed by atoms with Crippen molar-refractivity contribution in [3.8, 4) is 0 Å². The Bertz CT molecular complexity index is 1300. The van der Waals surface area contributed by atoms with Crippen LogP contribution >= 0.6 is 0 Å². The van der Waals surface area contributed by atoms with Gasteiger partial charge >= 0.3 is 17.9 Å². The molecule has 0 spiro atoms. The van der Waals surface area contributed by atoms with Crippen LogP contribution in [0.4, 0.5) is 0 Å². The number of hydrogen-bond acceptors (Lipinski definition) is 6. The van der Waals surface area contributed by atoms with E-state index < -0.39 is 6.10 Å². The van der Waals surface area contributed by atoms with Gasteiger partial charge in [0.2, 0.25) is 0 Å². The molecule has 0 fully saturated rings. The predicted octanol–water partition coefficient (Wildman–Crippen LogP) is 18.8. The second kappa shape index (κ2) is 55.2. The summed E-state index contributed by atoms with van der Waals surface area (Å²) in [7, 11) is 0. The maximum Gasteiger partial charge on any atom is 0.306 e. The van der Waals surface area contributed by atoms with Crippen LogP contribution in [0.15, 0.2) is 85.1 Å². The Kier molecular flexibility index (Phi) is 52.4. The Morgan fingerprint density at radius 2 is 0.597 bits per heavy atom. The molecule has 0 heterocycles. The van der Waals surface area contributed by atoms with Gasteiger partial charge in [-0.25, -0.2) is 0 Å². The lowest BCUT2D eigenvalue weighted by atomic mass is 10.0. The van der Waals surface area contributed by atoms with Gasteiger partial charge in [0.15, 0.2) is 6.10 Å². The molecule has 6 nitrogen and oxygen atoms in total. The summed E-state index contributed by atoms with van der Waals surface area (Å²) in [6.07, 6.45) is 72.1. The smallest absolute Gasteiger partial charge is 0.306 e. The lowest BCUT2D eigenvalue weighted by Gasteiger charge is -2.18.